The Hall–Kier alpha value is -2.62. The number of carboxylic acid groups (broad SMARTS) is 1. The minimum atomic E-state index is -0.997. The average Bonchev–Trinajstić information content (AvgIpc) is 2.90. The number of nitrogens with zero attached hydrogens (tertiary/aromatic N) is 1. The van der Waals surface area contributed by atoms with E-state index >= 15 is 0 Å². The normalized spacial score (nSPS) is 12.4. The lowest BCUT2D eigenvalue weighted by atomic mass is 10.0. The molecule has 1 heterocycles. The van der Waals surface area contributed by atoms with Crippen LogP contribution in [0.4, 0.5) is 0 Å². The minimum absolute atomic E-state index is 0.0229. The lowest BCUT2D eigenvalue weighted by Crippen LogP contribution is -1.98. The van der Waals surface area contributed by atoms with E-state index in [0.29, 0.717) is 17.0 Å². The first kappa shape index (κ1) is 12.4. The van der Waals surface area contributed by atoms with Crippen LogP contribution >= 0.6 is 0 Å². The number of carboxylic acids is 1. The summed E-state index contributed by atoms with van der Waals surface area (Å²) in [6.45, 7) is 1.99. The summed E-state index contributed by atoms with van der Waals surface area (Å²) in [5.74, 6) is -0.493. The number of fused-ring (bicyclic) bond motifs is 1. The molecule has 0 aliphatic carbocycles. The van der Waals surface area contributed by atoms with Crippen LogP contribution in [0.1, 0.15) is 34.7 Å². The second kappa shape index (κ2) is 4.81. The Kier molecular flexibility index (Phi) is 2.99. The Labute approximate surface area is 115 Å². The molecule has 0 aliphatic rings. The van der Waals surface area contributed by atoms with Gasteiger partial charge in [0.25, 0.3) is 0 Å². The van der Waals surface area contributed by atoms with E-state index < -0.39 is 5.97 Å². The number of benzene rings is 2. The van der Waals surface area contributed by atoms with Gasteiger partial charge in [-0.3, -0.25) is 0 Å². The predicted molar refractivity (Wildman–Crippen MR) is 74.9 cm³/mol. The topological polar surface area (TPSA) is 63.3 Å². The number of carbonyl (C=O) groups is 1. The molecule has 0 bridgehead atoms. The van der Waals surface area contributed by atoms with E-state index in [1.807, 2.05) is 37.3 Å². The quantitative estimate of drug-likeness (QED) is 0.786. The summed E-state index contributed by atoms with van der Waals surface area (Å²) in [7, 11) is 0. The van der Waals surface area contributed by atoms with Gasteiger partial charge >= 0.3 is 5.97 Å². The molecule has 100 valence electrons. The van der Waals surface area contributed by atoms with Crippen LogP contribution in [0, 0.1) is 0 Å². The van der Waals surface area contributed by atoms with Crippen LogP contribution in [0.25, 0.3) is 11.1 Å². The number of rotatable bonds is 3. The van der Waals surface area contributed by atoms with Crippen molar-refractivity contribution in [2.24, 2.45) is 0 Å². The first-order valence-corrected chi connectivity index (χ1v) is 6.34. The van der Waals surface area contributed by atoms with Gasteiger partial charge in [0.2, 0.25) is 5.89 Å². The predicted octanol–water partition coefficient (Wildman–Crippen LogP) is 3.68. The molecular formula is C16H13NO3. The molecule has 0 saturated carbocycles. The second-order valence-corrected chi connectivity index (χ2v) is 4.64. The minimum Gasteiger partial charge on any atom is -0.478 e. The van der Waals surface area contributed by atoms with Gasteiger partial charge < -0.3 is 9.52 Å². The zero-order valence-corrected chi connectivity index (χ0v) is 10.9. The van der Waals surface area contributed by atoms with Gasteiger partial charge in [-0.1, -0.05) is 36.4 Å². The van der Waals surface area contributed by atoms with Gasteiger partial charge in [-0.25, -0.2) is 9.78 Å². The molecule has 2 aromatic carbocycles. The highest BCUT2D eigenvalue weighted by Gasteiger charge is 2.18. The molecule has 0 radical (unpaired) electrons. The summed E-state index contributed by atoms with van der Waals surface area (Å²) < 4.78 is 5.70. The molecule has 0 saturated heterocycles. The van der Waals surface area contributed by atoms with Crippen molar-refractivity contribution in [3.05, 3.63) is 65.5 Å². The fraction of sp³-hybridized carbons (Fsp3) is 0.125. The van der Waals surface area contributed by atoms with Crippen molar-refractivity contribution >= 4 is 17.1 Å². The monoisotopic (exact) mass is 267 g/mol. The number of hydrogen-bond acceptors (Lipinski definition) is 3. The number of hydrogen-bond donors (Lipinski definition) is 1. The van der Waals surface area contributed by atoms with Crippen molar-refractivity contribution < 1.29 is 14.3 Å². The van der Waals surface area contributed by atoms with E-state index in [2.05, 4.69) is 4.98 Å². The van der Waals surface area contributed by atoms with Gasteiger partial charge in [0.05, 0.1) is 11.5 Å². The summed E-state index contributed by atoms with van der Waals surface area (Å²) in [5, 5.41) is 9.17. The highest BCUT2D eigenvalue weighted by Crippen LogP contribution is 2.28. The Morgan fingerprint density at radius 2 is 1.90 bits per heavy atom. The standard InChI is InChI=1S/C16H13NO3/c1-10(11-6-3-2-4-7-11)15-17-14-12(16(18)19)8-5-9-13(14)20-15/h2-10H,1H3,(H,18,19). The van der Waals surface area contributed by atoms with Crippen LogP contribution in [-0.2, 0) is 0 Å². The van der Waals surface area contributed by atoms with Gasteiger partial charge in [0, 0.05) is 0 Å². The van der Waals surface area contributed by atoms with Gasteiger partial charge in [-0.15, -0.1) is 0 Å². The molecule has 0 fully saturated rings. The van der Waals surface area contributed by atoms with Crippen molar-refractivity contribution in [2.75, 3.05) is 0 Å². The van der Waals surface area contributed by atoms with Crippen LogP contribution in [-0.4, -0.2) is 16.1 Å². The van der Waals surface area contributed by atoms with E-state index in [1.54, 1.807) is 12.1 Å². The largest absolute Gasteiger partial charge is 0.478 e. The van der Waals surface area contributed by atoms with Crippen LogP contribution in [0.3, 0.4) is 0 Å². The molecule has 4 nitrogen and oxygen atoms in total. The summed E-state index contributed by atoms with van der Waals surface area (Å²) in [6, 6.07) is 14.8. The molecule has 3 rings (SSSR count). The Morgan fingerprint density at radius 3 is 2.60 bits per heavy atom. The third-order valence-corrected chi connectivity index (χ3v) is 3.34. The first-order valence-electron chi connectivity index (χ1n) is 6.34. The lowest BCUT2D eigenvalue weighted by Gasteiger charge is -2.06. The van der Waals surface area contributed by atoms with Crippen molar-refractivity contribution in [3.8, 4) is 0 Å². The highest BCUT2D eigenvalue weighted by atomic mass is 16.4. The number of oxazole rings is 1. The SMILES string of the molecule is CC(c1ccccc1)c1nc2c(C(=O)O)cccc2o1. The molecule has 1 unspecified atom stereocenters. The molecule has 3 aromatic rings. The molecule has 1 atom stereocenters. The Bertz CT molecular complexity index is 762. The molecular weight excluding hydrogens is 254 g/mol. The highest BCUT2D eigenvalue weighted by molar-refractivity contribution is 6.00. The molecule has 1 N–H and O–H groups in total. The molecule has 4 heteroatoms. The van der Waals surface area contributed by atoms with Gasteiger partial charge in [-0.05, 0) is 24.6 Å². The third-order valence-electron chi connectivity index (χ3n) is 3.34. The van der Waals surface area contributed by atoms with E-state index in [0.717, 1.165) is 5.56 Å². The summed E-state index contributed by atoms with van der Waals surface area (Å²) in [6.07, 6.45) is 0. The van der Waals surface area contributed by atoms with Crippen molar-refractivity contribution in [2.45, 2.75) is 12.8 Å². The van der Waals surface area contributed by atoms with Crippen molar-refractivity contribution in [3.63, 3.8) is 0 Å². The number of para-hydroxylation sites is 1. The van der Waals surface area contributed by atoms with Crippen LogP contribution < -0.4 is 0 Å². The molecule has 0 spiro atoms. The lowest BCUT2D eigenvalue weighted by molar-refractivity contribution is 0.0699. The maximum Gasteiger partial charge on any atom is 0.338 e. The maximum absolute atomic E-state index is 11.2. The molecule has 20 heavy (non-hydrogen) atoms. The smallest absolute Gasteiger partial charge is 0.338 e. The average molecular weight is 267 g/mol. The van der Waals surface area contributed by atoms with Crippen LogP contribution in [0.15, 0.2) is 52.9 Å². The second-order valence-electron chi connectivity index (χ2n) is 4.64. The first-order chi connectivity index (χ1) is 9.66. The third kappa shape index (κ3) is 2.05. The number of aromatic carboxylic acids is 1. The van der Waals surface area contributed by atoms with E-state index in [1.165, 1.54) is 6.07 Å². The maximum atomic E-state index is 11.2. The molecule has 1 aromatic heterocycles. The fourth-order valence-electron chi connectivity index (χ4n) is 2.21. The van der Waals surface area contributed by atoms with Crippen LogP contribution in [0.2, 0.25) is 0 Å². The van der Waals surface area contributed by atoms with Crippen LogP contribution in [0.5, 0.6) is 0 Å². The van der Waals surface area contributed by atoms with E-state index in [-0.39, 0.29) is 11.5 Å². The zero-order valence-electron chi connectivity index (χ0n) is 10.9. The van der Waals surface area contributed by atoms with Crippen molar-refractivity contribution in [1.82, 2.24) is 4.98 Å². The Balaban J connectivity index is 2.10. The number of aromatic nitrogens is 1. The zero-order chi connectivity index (χ0) is 14.1. The summed E-state index contributed by atoms with van der Waals surface area (Å²) in [5.41, 5.74) is 2.15. The van der Waals surface area contributed by atoms with Gasteiger partial charge in [0.1, 0.15) is 5.52 Å². The fourth-order valence-corrected chi connectivity index (χ4v) is 2.21. The van der Waals surface area contributed by atoms with E-state index in [4.69, 9.17) is 9.52 Å². The molecule has 0 aliphatic heterocycles. The van der Waals surface area contributed by atoms with Gasteiger partial charge in [-0.2, -0.15) is 0 Å². The van der Waals surface area contributed by atoms with Gasteiger partial charge in [0.15, 0.2) is 5.58 Å². The van der Waals surface area contributed by atoms with E-state index in [9.17, 15) is 4.79 Å². The Morgan fingerprint density at radius 1 is 1.15 bits per heavy atom. The summed E-state index contributed by atoms with van der Waals surface area (Å²) >= 11 is 0. The summed E-state index contributed by atoms with van der Waals surface area (Å²) in [4.78, 5) is 15.5. The van der Waals surface area contributed by atoms with Crippen molar-refractivity contribution in [1.29, 1.82) is 0 Å². The molecule has 0 amide bonds.